The molecule has 1 atom stereocenters. The first-order chi connectivity index (χ1) is 10.8. The summed E-state index contributed by atoms with van der Waals surface area (Å²) in [5.41, 5.74) is 1.54. The number of hydrogen-bond donors (Lipinski definition) is 0. The number of halogens is 1. The third-order valence-corrected chi connectivity index (χ3v) is 5.83. The van der Waals surface area contributed by atoms with Crippen LogP contribution in [-0.4, -0.2) is 55.1 Å². The molecule has 23 heavy (non-hydrogen) atoms. The van der Waals surface area contributed by atoms with Crippen molar-refractivity contribution in [2.45, 2.75) is 18.9 Å². The first kappa shape index (κ1) is 16.4. The van der Waals surface area contributed by atoms with Crippen LogP contribution < -0.4 is 4.90 Å². The van der Waals surface area contributed by atoms with Crippen LogP contribution in [0, 0.1) is 0 Å². The number of benzene rings is 1. The molecule has 0 amide bonds. The molecule has 1 aliphatic rings. The number of fused-ring (bicyclic) bond motifs is 1. The Labute approximate surface area is 141 Å². The Balaban J connectivity index is 1.85. The SMILES string of the molecule is CN(C1CCCN(c2cnc3cc(Cl)ccc3n2)C1)S(C)(=O)=O. The molecule has 2 heterocycles. The summed E-state index contributed by atoms with van der Waals surface area (Å²) in [5.74, 6) is 0.770. The molecule has 1 unspecified atom stereocenters. The first-order valence-electron chi connectivity index (χ1n) is 7.45. The summed E-state index contributed by atoms with van der Waals surface area (Å²) < 4.78 is 24.9. The van der Waals surface area contributed by atoms with Crippen LogP contribution in [0.5, 0.6) is 0 Å². The van der Waals surface area contributed by atoms with Gasteiger partial charge in [0, 0.05) is 31.2 Å². The van der Waals surface area contributed by atoms with E-state index in [1.807, 2.05) is 6.07 Å². The van der Waals surface area contributed by atoms with E-state index in [2.05, 4.69) is 14.9 Å². The molecular weight excluding hydrogens is 336 g/mol. The van der Waals surface area contributed by atoms with E-state index in [0.29, 0.717) is 11.6 Å². The van der Waals surface area contributed by atoms with Crippen LogP contribution in [0.1, 0.15) is 12.8 Å². The van der Waals surface area contributed by atoms with Gasteiger partial charge in [-0.2, -0.15) is 0 Å². The Bertz CT molecular complexity index is 827. The maximum absolute atomic E-state index is 11.7. The predicted molar refractivity (Wildman–Crippen MR) is 92.4 cm³/mol. The van der Waals surface area contributed by atoms with Crippen LogP contribution in [-0.2, 0) is 10.0 Å². The molecule has 1 aromatic heterocycles. The van der Waals surface area contributed by atoms with E-state index in [9.17, 15) is 8.42 Å². The number of aromatic nitrogens is 2. The van der Waals surface area contributed by atoms with Crippen molar-refractivity contribution in [1.82, 2.24) is 14.3 Å². The minimum atomic E-state index is -3.19. The van der Waals surface area contributed by atoms with Gasteiger partial charge < -0.3 is 4.90 Å². The van der Waals surface area contributed by atoms with Crippen LogP contribution in [0.3, 0.4) is 0 Å². The summed E-state index contributed by atoms with van der Waals surface area (Å²) in [4.78, 5) is 11.1. The normalized spacial score (nSPS) is 19.5. The fourth-order valence-corrected chi connectivity index (χ4v) is 3.74. The van der Waals surface area contributed by atoms with E-state index in [1.165, 1.54) is 10.6 Å². The van der Waals surface area contributed by atoms with Gasteiger partial charge in [-0.15, -0.1) is 0 Å². The van der Waals surface area contributed by atoms with Crippen molar-refractivity contribution in [3.63, 3.8) is 0 Å². The lowest BCUT2D eigenvalue weighted by molar-refractivity contribution is 0.321. The average molecular weight is 355 g/mol. The largest absolute Gasteiger partial charge is 0.354 e. The molecule has 1 aromatic carbocycles. The lowest BCUT2D eigenvalue weighted by atomic mass is 10.1. The minimum Gasteiger partial charge on any atom is -0.354 e. The molecular formula is C15H19ClN4O2S. The van der Waals surface area contributed by atoms with Gasteiger partial charge in [-0.3, -0.25) is 4.98 Å². The lowest BCUT2D eigenvalue weighted by Gasteiger charge is -2.37. The van der Waals surface area contributed by atoms with Crippen molar-refractivity contribution in [2.24, 2.45) is 0 Å². The summed E-state index contributed by atoms with van der Waals surface area (Å²) in [6, 6.07) is 5.38. The summed E-state index contributed by atoms with van der Waals surface area (Å²) in [6.45, 7) is 1.47. The van der Waals surface area contributed by atoms with Gasteiger partial charge in [-0.05, 0) is 31.0 Å². The summed E-state index contributed by atoms with van der Waals surface area (Å²) in [5, 5.41) is 0.632. The van der Waals surface area contributed by atoms with E-state index in [1.54, 1.807) is 25.4 Å². The van der Waals surface area contributed by atoms with Crippen LogP contribution >= 0.6 is 11.6 Å². The molecule has 0 aliphatic carbocycles. The predicted octanol–water partition coefficient (Wildman–Crippen LogP) is 2.14. The molecule has 6 nitrogen and oxygen atoms in total. The fraction of sp³-hybridized carbons (Fsp3) is 0.467. The van der Waals surface area contributed by atoms with Crippen LogP contribution in [0.2, 0.25) is 5.02 Å². The molecule has 124 valence electrons. The van der Waals surface area contributed by atoms with Gasteiger partial charge in [0.15, 0.2) is 0 Å². The maximum Gasteiger partial charge on any atom is 0.211 e. The second-order valence-electron chi connectivity index (χ2n) is 5.88. The van der Waals surface area contributed by atoms with Crippen molar-refractivity contribution >= 4 is 38.5 Å². The lowest BCUT2D eigenvalue weighted by Crippen LogP contribution is -2.48. The number of likely N-dealkylation sites (N-methyl/N-ethyl adjacent to an activating group) is 1. The highest BCUT2D eigenvalue weighted by molar-refractivity contribution is 7.88. The Kier molecular flexibility index (Phi) is 4.44. The van der Waals surface area contributed by atoms with Gasteiger partial charge in [-0.25, -0.2) is 17.7 Å². The summed E-state index contributed by atoms with van der Waals surface area (Å²) in [7, 11) is -1.56. The fourth-order valence-electron chi connectivity index (χ4n) is 2.86. The zero-order chi connectivity index (χ0) is 16.6. The molecule has 1 aliphatic heterocycles. The smallest absolute Gasteiger partial charge is 0.211 e. The quantitative estimate of drug-likeness (QED) is 0.844. The maximum atomic E-state index is 11.7. The van der Waals surface area contributed by atoms with Crippen molar-refractivity contribution in [3.8, 4) is 0 Å². The summed E-state index contributed by atoms with van der Waals surface area (Å²) in [6.07, 6.45) is 4.74. The first-order valence-corrected chi connectivity index (χ1v) is 9.67. The topological polar surface area (TPSA) is 66.4 Å². The van der Waals surface area contributed by atoms with E-state index in [-0.39, 0.29) is 6.04 Å². The molecule has 0 radical (unpaired) electrons. The molecule has 0 spiro atoms. The molecule has 1 saturated heterocycles. The molecule has 2 aromatic rings. The highest BCUT2D eigenvalue weighted by Crippen LogP contribution is 2.23. The van der Waals surface area contributed by atoms with Crippen LogP contribution in [0.4, 0.5) is 5.82 Å². The van der Waals surface area contributed by atoms with Gasteiger partial charge >= 0.3 is 0 Å². The summed E-state index contributed by atoms with van der Waals surface area (Å²) >= 11 is 5.96. The van der Waals surface area contributed by atoms with E-state index >= 15 is 0 Å². The third kappa shape index (κ3) is 3.57. The van der Waals surface area contributed by atoms with Crippen molar-refractivity contribution < 1.29 is 8.42 Å². The van der Waals surface area contributed by atoms with Gasteiger partial charge in [0.1, 0.15) is 5.82 Å². The monoisotopic (exact) mass is 354 g/mol. The van der Waals surface area contributed by atoms with E-state index in [0.717, 1.165) is 36.2 Å². The van der Waals surface area contributed by atoms with E-state index < -0.39 is 10.0 Å². The number of anilines is 1. The standard InChI is InChI=1S/C15H19ClN4O2S/c1-19(23(2,21)22)12-4-3-7-20(10-12)15-9-17-14-8-11(16)5-6-13(14)18-15/h5-6,8-9,12H,3-4,7,10H2,1-2H3. The Morgan fingerprint density at radius 3 is 2.87 bits per heavy atom. The number of hydrogen-bond acceptors (Lipinski definition) is 5. The number of sulfonamides is 1. The van der Waals surface area contributed by atoms with Gasteiger partial charge in [-0.1, -0.05) is 11.6 Å². The van der Waals surface area contributed by atoms with Gasteiger partial charge in [0.2, 0.25) is 10.0 Å². The molecule has 0 N–H and O–H groups in total. The molecule has 0 saturated carbocycles. The number of piperidine rings is 1. The van der Waals surface area contributed by atoms with Crippen LogP contribution in [0.25, 0.3) is 11.0 Å². The van der Waals surface area contributed by atoms with Crippen LogP contribution in [0.15, 0.2) is 24.4 Å². The highest BCUT2D eigenvalue weighted by atomic mass is 35.5. The molecule has 8 heteroatoms. The van der Waals surface area contributed by atoms with Crippen molar-refractivity contribution in [3.05, 3.63) is 29.4 Å². The second-order valence-corrected chi connectivity index (χ2v) is 8.36. The molecule has 0 bridgehead atoms. The Morgan fingerprint density at radius 2 is 2.13 bits per heavy atom. The third-order valence-electron chi connectivity index (χ3n) is 4.25. The Hall–Kier alpha value is -1.44. The molecule has 3 rings (SSSR count). The minimum absolute atomic E-state index is 0.0403. The number of nitrogens with zero attached hydrogens (tertiary/aromatic N) is 4. The second kappa shape index (κ2) is 6.22. The Morgan fingerprint density at radius 1 is 1.35 bits per heavy atom. The van der Waals surface area contributed by atoms with Gasteiger partial charge in [0.25, 0.3) is 0 Å². The number of rotatable bonds is 3. The highest BCUT2D eigenvalue weighted by Gasteiger charge is 2.28. The zero-order valence-corrected chi connectivity index (χ0v) is 14.7. The van der Waals surface area contributed by atoms with E-state index in [4.69, 9.17) is 11.6 Å². The van der Waals surface area contributed by atoms with Crippen molar-refractivity contribution in [2.75, 3.05) is 31.3 Å². The van der Waals surface area contributed by atoms with Gasteiger partial charge in [0.05, 0.1) is 23.5 Å². The zero-order valence-electron chi connectivity index (χ0n) is 13.1. The van der Waals surface area contributed by atoms with Crippen molar-refractivity contribution in [1.29, 1.82) is 0 Å². The molecule has 1 fully saturated rings. The average Bonchev–Trinajstić information content (AvgIpc) is 2.53.